The molecule has 0 aliphatic carbocycles. The van der Waals surface area contributed by atoms with Crippen LogP contribution in [0.3, 0.4) is 0 Å². The number of rotatable bonds is 3. The smallest absolute Gasteiger partial charge is 0.151 e. The first-order valence-electron chi connectivity index (χ1n) is 4.12. The molecule has 4 nitrogen and oxygen atoms in total. The minimum Gasteiger partial charge on any atom is -0.494 e. The Hall–Kier alpha value is -0.650. The zero-order chi connectivity index (χ0) is 10.8. The highest BCUT2D eigenvalue weighted by molar-refractivity contribution is 9.10. The quantitative estimate of drug-likeness (QED) is 0.797. The van der Waals surface area contributed by atoms with Gasteiger partial charge in [0, 0.05) is 0 Å². The Balaban J connectivity index is 3.08. The van der Waals surface area contributed by atoms with E-state index in [9.17, 15) is 0 Å². The highest BCUT2D eigenvalue weighted by atomic mass is 79.9. The molecule has 0 aliphatic rings. The minimum atomic E-state index is -0.825. The molecule has 0 amide bonds. The number of methoxy groups -OCH3 is 1. The summed E-state index contributed by atoms with van der Waals surface area (Å²) in [6.45, 7) is 1.56. The Bertz CT molecular complexity index is 329. The average molecular weight is 261 g/mol. The first kappa shape index (κ1) is 11.4. The third kappa shape index (κ3) is 2.23. The van der Waals surface area contributed by atoms with Crippen LogP contribution < -0.4 is 10.5 Å². The minimum absolute atomic E-state index is 0.154. The number of hydrogen-bond donors (Lipinski definition) is 2. The van der Waals surface area contributed by atoms with Gasteiger partial charge in [0.05, 0.1) is 24.9 Å². The van der Waals surface area contributed by atoms with Gasteiger partial charge in [0.25, 0.3) is 0 Å². The molecule has 1 unspecified atom stereocenters. The summed E-state index contributed by atoms with van der Waals surface area (Å²) in [5.41, 5.74) is 5.62. The zero-order valence-electron chi connectivity index (χ0n) is 8.12. The van der Waals surface area contributed by atoms with Gasteiger partial charge < -0.3 is 15.6 Å². The van der Waals surface area contributed by atoms with Crippen molar-refractivity contribution < 1.29 is 9.84 Å². The molecule has 1 aromatic heterocycles. The van der Waals surface area contributed by atoms with Crippen molar-refractivity contribution in [1.29, 1.82) is 0 Å². The molecule has 5 heteroatoms. The van der Waals surface area contributed by atoms with Crippen molar-refractivity contribution in [2.24, 2.45) is 5.73 Å². The van der Waals surface area contributed by atoms with E-state index in [1.54, 1.807) is 26.2 Å². The van der Waals surface area contributed by atoms with Gasteiger partial charge in [-0.2, -0.15) is 0 Å². The number of hydrogen-bond acceptors (Lipinski definition) is 4. The Morgan fingerprint density at radius 1 is 1.64 bits per heavy atom. The van der Waals surface area contributed by atoms with Crippen molar-refractivity contribution in [2.75, 3.05) is 13.7 Å². The van der Waals surface area contributed by atoms with Gasteiger partial charge in [-0.25, -0.2) is 4.98 Å². The number of nitrogens with two attached hydrogens (primary N) is 1. The third-order valence-corrected chi connectivity index (χ3v) is 2.52. The van der Waals surface area contributed by atoms with Crippen molar-refractivity contribution in [2.45, 2.75) is 12.5 Å². The molecule has 0 spiro atoms. The fourth-order valence-corrected chi connectivity index (χ4v) is 1.46. The molecule has 0 bridgehead atoms. The lowest BCUT2D eigenvalue weighted by atomic mass is 10.0. The standard InChI is InChI=1S/C9H13BrN2O2/c1-9(11,5-13)7-4-3-6(14-2)8(10)12-7/h3-4,13H,5,11H2,1-2H3. The maximum atomic E-state index is 9.05. The first-order valence-corrected chi connectivity index (χ1v) is 4.91. The highest BCUT2D eigenvalue weighted by Crippen LogP contribution is 2.25. The van der Waals surface area contributed by atoms with Gasteiger partial charge in [0.15, 0.2) is 5.75 Å². The monoisotopic (exact) mass is 260 g/mol. The molecular formula is C9H13BrN2O2. The van der Waals surface area contributed by atoms with E-state index >= 15 is 0 Å². The second-order valence-corrected chi connectivity index (χ2v) is 4.02. The van der Waals surface area contributed by atoms with E-state index in [-0.39, 0.29) is 6.61 Å². The van der Waals surface area contributed by atoms with Crippen LogP contribution in [-0.4, -0.2) is 23.8 Å². The molecule has 1 heterocycles. The Morgan fingerprint density at radius 2 is 2.29 bits per heavy atom. The van der Waals surface area contributed by atoms with Crippen molar-refractivity contribution in [3.8, 4) is 5.75 Å². The topological polar surface area (TPSA) is 68.4 Å². The maximum Gasteiger partial charge on any atom is 0.151 e. The van der Waals surface area contributed by atoms with Crippen LogP contribution in [0.25, 0.3) is 0 Å². The summed E-state index contributed by atoms with van der Waals surface area (Å²) in [4.78, 5) is 4.19. The first-order chi connectivity index (χ1) is 6.51. The molecule has 0 saturated heterocycles. The van der Waals surface area contributed by atoms with Crippen LogP contribution >= 0.6 is 15.9 Å². The Kier molecular flexibility index (Phi) is 3.47. The number of nitrogens with zero attached hydrogens (tertiary/aromatic N) is 1. The maximum absolute atomic E-state index is 9.05. The third-order valence-electron chi connectivity index (χ3n) is 1.95. The van der Waals surface area contributed by atoms with Crippen molar-refractivity contribution in [3.63, 3.8) is 0 Å². The second-order valence-electron chi connectivity index (χ2n) is 3.27. The predicted octanol–water partition coefficient (Wildman–Crippen LogP) is 1.02. The van der Waals surface area contributed by atoms with Crippen LogP contribution in [-0.2, 0) is 5.54 Å². The fraction of sp³-hybridized carbons (Fsp3) is 0.444. The second kappa shape index (κ2) is 4.25. The van der Waals surface area contributed by atoms with Gasteiger partial charge in [-0.15, -0.1) is 0 Å². The van der Waals surface area contributed by atoms with Crippen molar-refractivity contribution in [3.05, 3.63) is 22.4 Å². The summed E-state index contributed by atoms with van der Waals surface area (Å²) >= 11 is 3.26. The Morgan fingerprint density at radius 3 is 2.71 bits per heavy atom. The van der Waals surface area contributed by atoms with Crippen LogP contribution in [0.2, 0.25) is 0 Å². The van der Waals surface area contributed by atoms with E-state index in [2.05, 4.69) is 20.9 Å². The van der Waals surface area contributed by atoms with Crippen molar-refractivity contribution in [1.82, 2.24) is 4.98 Å². The van der Waals surface area contributed by atoms with Crippen LogP contribution in [0.5, 0.6) is 5.75 Å². The van der Waals surface area contributed by atoms with E-state index in [1.165, 1.54) is 0 Å². The SMILES string of the molecule is COc1ccc(C(C)(N)CO)nc1Br. The number of aliphatic hydroxyl groups excluding tert-OH is 1. The van der Waals surface area contributed by atoms with Crippen LogP contribution in [0.1, 0.15) is 12.6 Å². The molecule has 0 fully saturated rings. The fourth-order valence-electron chi connectivity index (χ4n) is 0.973. The lowest BCUT2D eigenvalue weighted by Crippen LogP contribution is -2.37. The molecule has 78 valence electrons. The van der Waals surface area contributed by atoms with Gasteiger partial charge in [-0.05, 0) is 35.0 Å². The number of pyridine rings is 1. The summed E-state index contributed by atoms with van der Waals surface area (Å²) in [5, 5.41) is 9.05. The van der Waals surface area contributed by atoms with Gasteiger partial charge in [-0.1, -0.05) is 0 Å². The summed E-state index contributed by atoms with van der Waals surface area (Å²) in [6.07, 6.45) is 0. The molecule has 1 atom stereocenters. The average Bonchev–Trinajstić information content (AvgIpc) is 2.17. The zero-order valence-corrected chi connectivity index (χ0v) is 9.71. The van der Waals surface area contributed by atoms with E-state index in [1.807, 2.05) is 0 Å². The number of ether oxygens (including phenoxy) is 1. The van der Waals surface area contributed by atoms with Crippen LogP contribution in [0.4, 0.5) is 0 Å². The lowest BCUT2D eigenvalue weighted by Gasteiger charge is -2.21. The summed E-state index contributed by atoms with van der Waals surface area (Å²) < 4.78 is 5.62. The number of aliphatic hydroxyl groups is 1. The highest BCUT2D eigenvalue weighted by Gasteiger charge is 2.22. The lowest BCUT2D eigenvalue weighted by molar-refractivity contribution is 0.206. The van der Waals surface area contributed by atoms with Crippen LogP contribution in [0, 0.1) is 0 Å². The van der Waals surface area contributed by atoms with E-state index in [4.69, 9.17) is 15.6 Å². The van der Waals surface area contributed by atoms with E-state index < -0.39 is 5.54 Å². The summed E-state index contributed by atoms with van der Waals surface area (Å²) in [6, 6.07) is 3.49. The predicted molar refractivity (Wildman–Crippen MR) is 57.1 cm³/mol. The van der Waals surface area contributed by atoms with E-state index in [0.29, 0.717) is 16.0 Å². The largest absolute Gasteiger partial charge is 0.494 e. The molecule has 0 aliphatic heterocycles. The van der Waals surface area contributed by atoms with Gasteiger partial charge in [0.2, 0.25) is 0 Å². The molecule has 14 heavy (non-hydrogen) atoms. The molecule has 0 aromatic carbocycles. The molecule has 1 aromatic rings. The van der Waals surface area contributed by atoms with Gasteiger partial charge >= 0.3 is 0 Å². The summed E-state index contributed by atoms with van der Waals surface area (Å²) in [5.74, 6) is 0.641. The van der Waals surface area contributed by atoms with E-state index in [0.717, 1.165) is 0 Å². The molecule has 3 N–H and O–H groups in total. The van der Waals surface area contributed by atoms with Crippen molar-refractivity contribution >= 4 is 15.9 Å². The normalized spacial score (nSPS) is 14.9. The Labute approximate surface area is 91.2 Å². The van der Waals surface area contributed by atoms with Crippen LogP contribution in [0.15, 0.2) is 16.7 Å². The molecule has 0 saturated carbocycles. The molecule has 0 radical (unpaired) electrons. The van der Waals surface area contributed by atoms with Gasteiger partial charge in [0.1, 0.15) is 4.60 Å². The number of aromatic nitrogens is 1. The van der Waals surface area contributed by atoms with Gasteiger partial charge in [-0.3, -0.25) is 0 Å². The molecule has 1 rings (SSSR count). The summed E-state index contributed by atoms with van der Waals surface area (Å²) in [7, 11) is 1.56. The molecular weight excluding hydrogens is 248 g/mol. The number of halogens is 1.